The smallest absolute Gasteiger partial charge is 0.410 e. The number of unbranched alkanes of at least 4 members (excludes halogenated alkanes) is 1. The van der Waals surface area contributed by atoms with Crippen LogP contribution in [0.5, 0.6) is 0 Å². The third-order valence-corrected chi connectivity index (χ3v) is 7.80. The number of aryl methyl sites for hydroxylation is 3. The van der Waals surface area contributed by atoms with Crippen LogP contribution in [0.4, 0.5) is 4.79 Å². The monoisotopic (exact) mass is 530 g/mol. The van der Waals surface area contributed by atoms with E-state index >= 15 is 0 Å². The van der Waals surface area contributed by atoms with Crippen molar-refractivity contribution in [2.75, 3.05) is 19.6 Å². The van der Waals surface area contributed by atoms with E-state index in [9.17, 15) is 14.4 Å². The van der Waals surface area contributed by atoms with Crippen LogP contribution in [0.2, 0.25) is 0 Å². The van der Waals surface area contributed by atoms with Gasteiger partial charge >= 0.3 is 6.09 Å². The molecule has 3 heterocycles. The average Bonchev–Trinajstić information content (AvgIpc) is 3.35. The van der Waals surface area contributed by atoms with Gasteiger partial charge in [-0.2, -0.15) is 0 Å². The van der Waals surface area contributed by atoms with Crippen molar-refractivity contribution in [2.45, 2.75) is 78.4 Å². The van der Waals surface area contributed by atoms with Crippen molar-refractivity contribution in [1.29, 1.82) is 0 Å². The number of ether oxygens (including phenoxy) is 1. The number of fused-ring (bicyclic) bond motifs is 2. The predicted octanol–water partition coefficient (Wildman–Crippen LogP) is 5.84. The molecule has 0 spiro atoms. The van der Waals surface area contributed by atoms with E-state index in [4.69, 9.17) is 9.72 Å². The number of amides is 3. The van der Waals surface area contributed by atoms with Crippen LogP contribution in [-0.2, 0) is 11.3 Å². The minimum Gasteiger partial charge on any atom is -0.444 e. The van der Waals surface area contributed by atoms with Gasteiger partial charge in [-0.15, -0.1) is 0 Å². The second-order valence-corrected chi connectivity index (χ2v) is 11.8. The molecule has 0 atom stereocenters. The lowest BCUT2D eigenvalue weighted by Gasteiger charge is -2.33. The van der Waals surface area contributed by atoms with Gasteiger partial charge < -0.3 is 14.2 Å². The summed E-state index contributed by atoms with van der Waals surface area (Å²) in [6.45, 7) is 12.3. The predicted molar refractivity (Wildman–Crippen MR) is 150 cm³/mol. The molecule has 0 N–H and O–H groups in total. The molecule has 5 rings (SSSR count). The van der Waals surface area contributed by atoms with Gasteiger partial charge in [0.1, 0.15) is 11.4 Å². The van der Waals surface area contributed by atoms with Gasteiger partial charge in [-0.25, -0.2) is 9.78 Å². The summed E-state index contributed by atoms with van der Waals surface area (Å²) in [5, 5.41) is 0. The molecule has 2 aromatic carbocycles. The molecule has 1 aromatic heterocycles. The van der Waals surface area contributed by atoms with E-state index in [2.05, 4.69) is 30.5 Å². The van der Waals surface area contributed by atoms with Gasteiger partial charge in [0.25, 0.3) is 11.8 Å². The van der Waals surface area contributed by atoms with E-state index in [1.807, 2.05) is 20.8 Å². The number of likely N-dealkylation sites (tertiary alicyclic amines) is 1. The summed E-state index contributed by atoms with van der Waals surface area (Å²) in [7, 11) is 0. The Bertz CT molecular complexity index is 1390. The molecule has 3 aromatic rings. The molecule has 2 aliphatic rings. The van der Waals surface area contributed by atoms with Crippen LogP contribution in [-0.4, -0.2) is 62.5 Å². The molecule has 0 saturated carbocycles. The first-order valence-corrected chi connectivity index (χ1v) is 13.9. The highest BCUT2D eigenvalue weighted by atomic mass is 16.6. The first kappa shape index (κ1) is 26.9. The lowest BCUT2D eigenvalue weighted by atomic mass is 9.96. The van der Waals surface area contributed by atoms with Crippen LogP contribution in [0.3, 0.4) is 0 Å². The zero-order chi connectivity index (χ0) is 27.9. The largest absolute Gasteiger partial charge is 0.444 e. The molecule has 0 bridgehead atoms. The van der Waals surface area contributed by atoms with E-state index in [0.717, 1.165) is 42.7 Å². The molecule has 1 fully saturated rings. The summed E-state index contributed by atoms with van der Waals surface area (Å²) < 4.78 is 7.89. The van der Waals surface area contributed by atoms with Crippen LogP contribution >= 0.6 is 0 Å². The van der Waals surface area contributed by atoms with Gasteiger partial charge in [-0.05, 0) is 95.7 Å². The first-order chi connectivity index (χ1) is 18.5. The summed E-state index contributed by atoms with van der Waals surface area (Å²) in [4.78, 5) is 46.3. The van der Waals surface area contributed by atoms with Crippen molar-refractivity contribution >= 4 is 28.9 Å². The highest BCUT2D eigenvalue weighted by Crippen LogP contribution is 2.32. The van der Waals surface area contributed by atoms with Crippen LogP contribution in [0.15, 0.2) is 36.4 Å². The summed E-state index contributed by atoms with van der Waals surface area (Å²) in [6.07, 6.45) is 2.93. The van der Waals surface area contributed by atoms with Gasteiger partial charge in [0.05, 0.1) is 22.2 Å². The van der Waals surface area contributed by atoms with Crippen molar-refractivity contribution in [3.05, 3.63) is 64.5 Å². The highest BCUT2D eigenvalue weighted by Gasteiger charge is 2.34. The number of nitrogens with zero attached hydrogens (tertiary/aromatic N) is 4. The molecular formula is C31H38N4O4. The Kier molecular flexibility index (Phi) is 7.23. The number of aromatic nitrogens is 2. The van der Waals surface area contributed by atoms with Gasteiger partial charge in [0, 0.05) is 32.1 Å². The number of hydrogen-bond acceptors (Lipinski definition) is 5. The number of carbonyl (C=O) groups is 3. The molecule has 3 amide bonds. The Labute approximate surface area is 229 Å². The molecular weight excluding hydrogens is 492 g/mol. The molecule has 1 saturated heterocycles. The van der Waals surface area contributed by atoms with Gasteiger partial charge in [0.15, 0.2) is 0 Å². The third-order valence-electron chi connectivity index (χ3n) is 7.80. The van der Waals surface area contributed by atoms with Crippen molar-refractivity contribution in [2.24, 2.45) is 0 Å². The first-order valence-electron chi connectivity index (χ1n) is 13.9. The standard InChI is InChI=1S/C31H38N4O4/c1-20-18-25-26(19-21(20)2)34(14-8-9-15-35-28(36)23-10-6-7-11-24(23)29(35)37)27(32-25)22-12-16-33(17-13-22)30(38)39-31(3,4)5/h6-7,10-11,18-19,22H,8-9,12-17H2,1-5H3. The molecule has 0 unspecified atom stereocenters. The molecule has 206 valence electrons. The fraction of sp³-hybridized carbons (Fsp3) is 0.484. The normalized spacial score (nSPS) is 16.3. The summed E-state index contributed by atoms with van der Waals surface area (Å²) in [5.41, 5.74) is 5.02. The van der Waals surface area contributed by atoms with Gasteiger partial charge in [-0.1, -0.05) is 12.1 Å². The molecule has 8 nitrogen and oxygen atoms in total. The minimum absolute atomic E-state index is 0.202. The van der Waals surface area contributed by atoms with Crippen molar-refractivity contribution < 1.29 is 19.1 Å². The Morgan fingerprint density at radius 2 is 1.54 bits per heavy atom. The highest BCUT2D eigenvalue weighted by molar-refractivity contribution is 6.21. The number of piperidine rings is 1. The summed E-state index contributed by atoms with van der Waals surface area (Å²) in [6, 6.07) is 11.4. The summed E-state index contributed by atoms with van der Waals surface area (Å²) >= 11 is 0. The average molecular weight is 531 g/mol. The Morgan fingerprint density at radius 1 is 0.949 bits per heavy atom. The fourth-order valence-corrected chi connectivity index (χ4v) is 5.57. The fourth-order valence-electron chi connectivity index (χ4n) is 5.57. The van der Waals surface area contributed by atoms with E-state index in [-0.39, 0.29) is 23.8 Å². The van der Waals surface area contributed by atoms with E-state index < -0.39 is 5.60 Å². The van der Waals surface area contributed by atoms with Crippen LogP contribution in [0.25, 0.3) is 11.0 Å². The second kappa shape index (κ2) is 10.5. The SMILES string of the molecule is Cc1cc2nc(C3CCN(C(=O)OC(C)(C)C)CC3)n(CCCCN3C(=O)c4ccccc4C3=O)c2cc1C. The zero-order valence-corrected chi connectivity index (χ0v) is 23.6. The van der Waals surface area contributed by atoms with Crippen molar-refractivity contribution in [3.8, 4) is 0 Å². The van der Waals surface area contributed by atoms with E-state index in [1.54, 1.807) is 29.2 Å². The van der Waals surface area contributed by atoms with Crippen molar-refractivity contribution in [1.82, 2.24) is 19.4 Å². The lowest BCUT2D eigenvalue weighted by Crippen LogP contribution is -2.41. The maximum atomic E-state index is 12.7. The second-order valence-electron chi connectivity index (χ2n) is 11.8. The molecule has 0 radical (unpaired) electrons. The molecule has 2 aliphatic heterocycles. The summed E-state index contributed by atoms with van der Waals surface area (Å²) in [5.74, 6) is 0.895. The number of imidazole rings is 1. The lowest BCUT2D eigenvalue weighted by molar-refractivity contribution is 0.0202. The Balaban J connectivity index is 1.28. The van der Waals surface area contributed by atoms with E-state index in [0.29, 0.717) is 37.2 Å². The maximum Gasteiger partial charge on any atom is 0.410 e. The maximum absolute atomic E-state index is 12.7. The quantitative estimate of drug-likeness (QED) is 0.295. The van der Waals surface area contributed by atoms with Crippen LogP contribution < -0.4 is 0 Å². The van der Waals surface area contributed by atoms with Crippen molar-refractivity contribution in [3.63, 3.8) is 0 Å². The van der Waals surface area contributed by atoms with E-state index in [1.165, 1.54) is 16.0 Å². The molecule has 39 heavy (non-hydrogen) atoms. The van der Waals surface area contributed by atoms with Gasteiger partial charge in [0.2, 0.25) is 0 Å². The van der Waals surface area contributed by atoms with Crippen LogP contribution in [0.1, 0.15) is 90.0 Å². The number of hydrogen-bond donors (Lipinski definition) is 0. The minimum atomic E-state index is -0.509. The van der Waals surface area contributed by atoms with Gasteiger partial charge in [-0.3, -0.25) is 14.5 Å². The Morgan fingerprint density at radius 3 is 2.15 bits per heavy atom. The number of carbonyl (C=O) groups excluding carboxylic acids is 3. The Hall–Kier alpha value is -3.68. The van der Waals surface area contributed by atoms with Crippen LogP contribution in [0, 0.1) is 13.8 Å². The number of rotatable bonds is 6. The number of imide groups is 1. The molecule has 8 heteroatoms. The zero-order valence-electron chi connectivity index (χ0n) is 23.6. The molecule has 0 aliphatic carbocycles. The number of benzene rings is 2. The topological polar surface area (TPSA) is 84.7 Å². The third kappa shape index (κ3) is 5.42.